The van der Waals surface area contributed by atoms with Crippen molar-refractivity contribution in [2.75, 3.05) is 6.61 Å². The Morgan fingerprint density at radius 3 is 2.58 bits per heavy atom. The molecule has 24 heavy (non-hydrogen) atoms. The second-order valence-corrected chi connectivity index (χ2v) is 7.09. The van der Waals surface area contributed by atoms with E-state index >= 15 is 0 Å². The molecule has 0 aliphatic carbocycles. The van der Waals surface area contributed by atoms with E-state index in [1.165, 1.54) is 5.56 Å². The Morgan fingerprint density at radius 1 is 1.08 bits per heavy atom. The molecule has 0 fully saturated rings. The number of thiazole rings is 1. The maximum absolute atomic E-state index is 5.60. The topological polar surface area (TPSA) is 39.4 Å². The lowest BCUT2D eigenvalue weighted by Gasteiger charge is -2.06. The zero-order valence-corrected chi connectivity index (χ0v) is 14.8. The summed E-state index contributed by atoms with van der Waals surface area (Å²) in [6.45, 7) is 7.07. The molecule has 0 atom stereocenters. The molecule has 4 rings (SSSR count). The van der Waals surface area contributed by atoms with Crippen LogP contribution in [0, 0.1) is 0 Å². The molecule has 0 bridgehead atoms. The number of hydrogen-bond acceptors (Lipinski definition) is 4. The maximum Gasteiger partial charge on any atom is 0.217 e. The number of ether oxygens (including phenoxy) is 1. The van der Waals surface area contributed by atoms with Crippen LogP contribution in [0.1, 0.15) is 32.3 Å². The summed E-state index contributed by atoms with van der Waals surface area (Å²) in [6.07, 6.45) is 0. The molecule has 2 aromatic carbocycles. The predicted octanol–water partition coefficient (Wildman–Crippen LogP) is 5.13. The largest absolute Gasteiger partial charge is 0.494 e. The average Bonchev–Trinajstić information content (AvgIpc) is 3.13. The van der Waals surface area contributed by atoms with Gasteiger partial charge in [-0.15, -0.1) is 10.2 Å². The summed E-state index contributed by atoms with van der Waals surface area (Å²) in [4.78, 5) is 0.904. The first-order chi connectivity index (χ1) is 11.7. The highest BCUT2D eigenvalue weighted by molar-refractivity contribution is 7.23. The third-order valence-corrected chi connectivity index (χ3v) is 5.15. The van der Waals surface area contributed by atoms with Crippen LogP contribution in [0.25, 0.3) is 26.6 Å². The Kier molecular flexibility index (Phi) is 3.73. The molecule has 4 nitrogen and oxygen atoms in total. The Bertz CT molecular complexity index is 999. The molecule has 0 unspecified atom stereocenters. The van der Waals surface area contributed by atoms with Crippen molar-refractivity contribution in [1.82, 2.24) is 14.6 Å². The Labute approximate surface area is 144 Å². The molecule has 0 spiro atoms. The standard InChI is InChI=1S/C19H19N3OS/c1-4-23-15-9-10-16-17(11-15)24-19-21-20-18(22(16)19)14-7-5-13(6-8-14)12(2)3/h5-12H,4H2,1-3H3. The molecular weight excluding hydrogens is 318 g/mol. The predicted molar refractivity (Wildman–Crippen MR) is 99.1 cm³/mol. The monoisotopic (exact) mass is 337 g/mol. The van der Waals surface area contributed by atoms with Crippen molar-refractivity contribution in [3.8, 4) is 17.1 Å². The molecule has 0 amide bonds. The van der Waals surface area contributed by atoms with Crippen LogP contribution in [-0.2, 0) is 0 Å². The molecule has 0 saturated heterocycles. The normalized spacial score (nSPS) is 11.7. The van der Waals surface area contributed by atoms with E-state index in [0.29, 0.717) is 12.5 Å². The van der Waals surface area contributed by atoms with Gasteiger partial charge in [0.25, 0.3) is 0 Å². The molecule has 0 saturated carbocycles. The second kappa shape index (κ2) is 5.91. The van der Waals surface area contributed by atoms with Crippen LogP contribution in [0.3, 0.4) is 0 Å². The first-order valence-corrected chi connectivity index (χ1v) is 9.00. The fourth-order valence-electron chi connectivity index (χ4n) is 2.87. The maximum atomic E-state index is 5.60. The van der Waals surface area contributed by atoms with Gasteiger partial charge in [0.1, 0.15) is 5.75 Å². The molecule has 0 aliphatic heterocycles. The van der Waals surface area contributed by atoms with Crippen LogP contribution in [0.4, 0.5) is 0 Å². The number of nitrogens with zero attached hydrogens (tertiary/aromatic N) is 3. The van der Waals surface area contributed by atoms with Crippen LogP contribution in [0.15, 0.2) is 42.5 Å². The van der Waals surface area contributed by atoms with Crippen molar-refractivity contribution < 1.29 is 4.74 Å². The summed E-state index contributed by atoms with van der Waals surface area (Å²) in [6, 6.07) is 14.8. The first-order valence-electron chi connectivity index (χ1n) is 8.18. The number of benzene rings is 2. The van der Waals surface area contributed by atoms with Gasteiger partial charge in [-0.2, -0.15) is 0 Å². The van der Waals surface area contributed by atoms with Crippen molar-refractivity contribution in [1.29, 1.82) is 0 Å². The lowest BCUT2D eigenvalue weighted by atomic mass is 10.0. The Hall–Kier alpha value is -2.40. The molecular formula is C19H19N3OS. The van der Waals surface area contributed by atoms with Crippen LogP contribution >= 0.6 is 11.3 Å². The van der Waals surface area contributed by atoms with Gasteiger partial charge >= 0.3 is 0 Å². The molecule has 0 radical (unpaired) electrons. The minimum Gasteiger partial charge on any atom is -0.494 e. The number of hydrogen-bond donors (Lipinski definition) is 0. The van der Waals surface area contributed by atoms with E-state index < -0.39 is 0 Å². The van der Waals surface area contributed by atoms with E-state index in [1.807, 2.05) is 13.0 Å². The zero-order valence-electron chi connectivity index (χ0n) is 14.0. The Balaban J connectivity index is 1.85. The number of aromatic nitrogens is 3. The van der Waals surface area contributed by atoms with Crippen molar-refractivity contribution >= 4 is 26.5 Å². The van der Waals surface area contributed by atoms with Crippen LogP contribution in [0.2, 0.25) is 0 Å². The zero-order chi connectivity index (χ0) is 16.7. The van der Waals surface area contributed by atoms with E-state index in [1.54, 1.807) is 11.3 Å². The summed E-state index contributed by atoms with van der Waals surface area (Å²) < 4.78 is 8.88. The quantitative estimate of drug-likeness (QED) is 0.518. The van der Waals surface area contributed by atoms with Gasteiger partial charge in [-0.3, -0.25) is 4.40 Å². The van der Waals surface area contributed by atoms with Crippen LogP contribution in [-0.4, -0.2) is 21.2 Å². The van der Waals surface area contributed by atoms with Gasteiger partial charge in [-0.1, -0.05) is 49.4 Å². The Morgan fingerprint density at radius 2 is 1.88 bits per heavy atom. The van der Waals surface area contributed by atoms with E-state index in [-0.39, 0.29) is 0 Å². The van der Waals surface area contributed by atoms with Gasteiger partial charge < -0.3 is 4.74 Å². The SMILES string of the molecule is CCOc1ccc2c(c1)sc1nnc(-c3ccc(C(C)C)cc3)n12. The summed E-state index contributed by atoms with van der Waals surface area (Å²) in [7, 11) is 0. The highest BCUT2D eigenvalue weighted by Gasteiger charge is 2.14. The van der Waals surface area contributed by atoms with Crippen LogP contribution < -0.4 is 4.74 Å². The number of rotatable bonds is 4. The molecule has 0 aliphatic rings. The van der Waals surface area contributed by atoms with Crippen molar-refractivity contribution in [2.45, 2.75) is 26.7 Å². The smallest absolute Gasteiger partial charge is 0.217 e. The molecule has 5 heteroatoms. The van der Waals surface area contributed by atoms with E-state index in [4.69, 9.17) is 4.74 Å². The summed E-state index contributed by atoms with van der Waals surface area (Å²) in [5.41, 5.74) is 3.53. The molecule has 122 valence electrons. The van der Waals surface area contributed by atoms with Gasteiger partial charge in [0.15, 0.2) is 5.82 Å². The summed E-state index contributed by atoms with van der Waals surface area (Å²) >= 11 is 1.63. The van der Waals surface area contributed by atoms with Gasteiger partial charge in [0, 0.05) is 5.56 Å². The van der Waals surface area contributed by atoms with Gasteiger partial charge in [-0.25, -0.2) is 0 Å². The van der Waals surface area contributed by atoms with E-state index in [9.17, 15) is 0 Å². The van der Waals surface area contributed by atoms with Gasteiger partial charge in [0.05, 0.1) is 16.8 Å². The minimum absolute atomic E-state index is 0.524. The molecule has 0 N–H and O–H groups in total. The third-order valence-electron chi connectivity index (χ3n) is 4.15. The minimum atomic E-state index is 0.524. The second-order valence-electron chi connectivity index (χ2n) is 6.08. The average molecular weight is 337 g/mol. The van der Waals surface area contributed by atoms with E-state index in [0.717, 1.165) is 32.3 Å². The van der Waals surface area contributed by atoms with Crippen molar-refractivity contribution in [3.05, 3.63) is 48.0 Å². The van der Waals surface area contributed by atoms with Crippen molar-refractivity contribution in [3.63, 3.8) is 0 Å². The molecule has 2 aromatic heterocycles. The fraction of sp³-hybridized carbons (Fsp3) is 0.263. The van der Waals surface area contributed by atoms with Crippen LogP contribution in [0.5, 0.6) is 5.75 Å². The number of fused-ring (bicyclic) bond motifs is 3. The lowest BCUT2D eigenvalue weighted by molar-refractivity contribution is 0.341. The highest BCUT2D eigenvalue weighted by Crippen LogP contribution is 2.32. The van der Waals surface area contributed by atoms with E-state index in [2.05, 4.69) is 64.8 Å². The fourth-order valence-corrected chi connectivity index (χ4v) is 3.87. The van der Waals surface area contributed by atoms with Gasteiger partial charge in [0.2, 0.25) is 4.96 Å². The lowest BCUT2D eigenvalue weighted by Crippen LogP contribution is -1.92. The van der Waals surface area contributed by atoms with Crippen molar-refractivity contribution in [2.24, 2.45) is 0 Å². The summed E-state index contributed by atoms with van der Waals surface area (Å²) in [5.74, 6) is 2.30. The first kappa shape index (κ1) is 15.1. The highest BCUT2D eigenvalue weighted by atomic mass is 32.1. The molecule has 2 heterocycles. The molecule has 4 aromatic rings. The summed E-state index contributed by atoms with van der Waals surface area (Å²) in [5, 5.41) is 8.76. The van der Waals surface area contributed by atoms with Gasteiger partial charge in [-0.05, 0) is 36.6 Å². The third kappa shape index (κ3) is 2.45.